The van der Waals surface area contributed by atoms with E-state index in [0.29, 0.717) is 0 Å². The zero-order valence-electron chi connectivity index (χ0n) is 11.3. The number of amidine groups is 1. The summed E-state index contributed by atoms with van der Waals surface area (Å²) in [4.78, 5) is 9.11. The van der Waals surface area contributed by atoms with Crippen LogP contribution in [0.5, 0.6) is 0 Å². The zero-order valence-corrected chi connectivity index (χ0v) is 11.3. The van der Waals surface area contributed by atoms with E-state index in [4.69, 9.17) is 0 Å². The van der Waals surface area contributed by atoms with Crippen molar-refractivity contribution in [1.29, 1.82) is 0 Å². The molecule has 0 bridgehead atoms. The van der Waals surface area contributed by atoms with Crippen molar-refractivity contribution >= 4 is 11.5 Å². The zero-order chi connectivity index (χ0) is 13.8. The predicted octanol–water partition coefficient (Wildman–Crippen LogP) is 3.84. The third-order valence-electron chi connectivity index (χ3n) is 3.28. The molecule has 0 amide bonds. The minimum absolute atomic E-state index is 0.762. The van der Waals surface area contributed by atoms with Gasteiger partial charge >= 0.3 is 0 Å². The lowest BCUT2D eigenvalue weighted by Crippen LogP contribution is -2.02. The molecule has 0 N–H and O–H groups in total. The molecule has 2 aromatic rings. The quantitative estimate of drug-likeness (QED) is 0.798. The monoisotopic (exact) mass is 260 g/mol. The molecule has 0 radical (unpaired) electrons. The molecule has 0 atom stereocenters. The van der Waals surface area contributed by atoms with Gasteiger partial charge in [-0.15, -0.1) is 0 Å². The summed E-state index contributed by atoms with van der Waals surface area (Å²) in [5.41, 5.74) is 4.23. The Balaban J connectivity index is 1.73. The maximum Gasteiger partial charge on any atom is 0.133 e. The average molecular weight is 260 g/mol. The fourth-order valence-electron chi connectivity index (χ4n) is 2.25. The van der Waals surface area contributed by atoms with Crippen LogP contribution in [0.4, 0.5) is 0 Å². The molecule has 2 heteroatoms. The molecule has 0 fully saturated rings. The lowest BCUT2D eigenvalue weighted by Gasteiger charge is -2.00. The summed E-state index contributed by atoms with van der Waals surface area (Å²) >= 11 is 0. The molecule has 1 aliphatic heterocycles. The fraction of sp³-hybridized carbons (Fsp3) is 0.111. The van der Waals surface area contributed by atoms with E-state index in [2.05, 4.69) is 40.8 Å². The lowest BCUT2D eigenvalue weighted by atomic mass is 10.1. The minimum atomic E-state index is 0.762. The van der Waals surface area contributed by atoms with Crippen molar-refractivity contribution in [1.82, 2.24) is 0 Å². The summed E-state index contributed by atoms with van der Waals surface area (Å²) in [6.45, 7) is 4.01. The number of aliphatic imine (C=N–C) groups is 2. The van der Waals surface area contributed by atoms with Crippen LogP contribution in [0.3, 0.4) is 0 Å². The van der Waals surface area contributed by atoms with Crippen LogP contribution >= 0.6 is 0 Å². The number of rotatable bonds is 4. The van der Waals surface area contributed by atoms with Crippen molar-refractivity contribution in [2.24, 2.45) is 9.98 Å². The Kier molecular flexibility index (Phi) is 3.55. The molecular formula is C18H16N2. The highest BCUT2D eigenvalue weighted by Gasteiger charge is 2.15. The largest absolute Gasteiger partial charge is 0.235 e. The molecule has 1 heterocycles. The second-order valence-electron chi connectivity index (χ2n) is 4.86. The van der Waals surface area contributed by atoms with Crippen LogP contribution in [0.1, 0.15) is 11.1 Å². The standard InChI is InChI=1S/C18H16N2/c1-14-17(12-15-8-4-2-5-9-15)20-18(19-14)13-16-10-6-3-7-11-16/h2-11H,1,12-13H2. The molecule has 0 saturated heterocycles. The Labute approximate surface area is 119 Å². The minimum Gasteiger partial charge on any atom is -0.235 e. The molecule has 0 aromatic heterocycles. The van der Waals surface area contributed by atoms with E-state index < -0.39 is 0 Å². The Bertz CT molecular complexity index is 625. The van der Waals surface area contributed by atoms with Crippen LogP contribution in [0, 0.1) is 0 Å². The van der Waals surface area contributed by atoms with Gasteiger partial charge < -0.3 is 0 Å². The highest BCUT2D eigenvalue weighted by atomic mass is 15.0. The summed E-state index contributed by atoms with van der Waals surface area (Å²) in [5, 5.41) is 0. The summed E-state index contributed by atoms with van der Waals surface area (Å²) in [6, 6.07) is 20.6. The van der Waals surface area contributed by atoms with Crippen molar-refractivity contribution in [2.45, 2.75) is 12.8 Å². The van der Waals surface area contributed by atoms with E-state index >= 15 is 0 Å². The van der Waals surface area contributed by atoms with E-state index in [1.54, 1.807) is 0 Å². The molecule has 0 spiro atoms. The Morgan fingerprint density at radius 1 is 0.700 bits per heavy atom. The van der Waals surface area contributed by atoms with Gasteiger partial charge in [-0.3, -0.25) is 0 Å². The van der Waals surface area contributed by atoms with Crippen molar-refractivity contribution in [3.05, 3.63) is 84.1 Å². The number of nitrogens with zero attached hydrogens (tertiary/aromatic N) is 2. The molecule has 0 saturated carbocycles. The Morgan fingerprint density at radius 2 is 1.25 bits per heavy atom. The number of allylic oxidation sites excluding steroid dienone is 1. The maximum absolute atomic E-state index is 4.63. The number of hydrogen-bond donors (Lipinski definition) is 0. The Morgan fingerprint density at radius 3 is 1.85 bits per heavy atom. The van der Waals surface area contributed by atoms with Crippen LogP contribution in [0.2, 0.25) is 0 Å². The van der Waals surface area contributed by atoms with Gasteiger partial charge in [0.2, 0.25) is 0 Å². The van der Waals surface area contributed by atoms with Gasteiger partial charge in [0.15, 0.2) is 0 Å². The van der Waals surface area contributed by atoms with E-state index in [0.717, 1.165) is 30.1 Å². The summed E-state index contributed by atoms with van der Waals surface area (Å²) in [5.74, 6) is 0.854. The van der Waals surface area contributed by atoms with Crippen molar-refractivity contribution in [3.63, 3.8) is 0 Å². The SMILES string of the molecule is C=C1N=C(Cc2ccccc2)N=C1Cc1ccccc1. The van der Waals surface area contributed by atoms with E-state index in [9.17, 15) is 0 Å². The molecule has 20 heavy (non-hydrogen) atoms. The van der Waals surface area contributed by atoms with E-state index in [1.165, 1.54) is 11.1 Å². The molecule has 0 aliphatic carbocycles. The van der Waals surface area contributed by atoms with Gasteiger partial charge in [-0.05, 0) is 11.1 Å². The van der Waals surface area contributed by atoms with Gasteiger partial charge in [-0.25, -0.2) is 9.98 Å². The first-order valence-corrected chi connectivity index (χ1v) is 6.73. The van der Waals surface area contributed by atoms with Crippen molar-refractivity contribution in [2.75, 3.05) is 0 Å². The first-order valence-electron chi connectivity index (χ1n) is 6.73. The lowest BCUT2D eigenvalue weighted by molar-refractivity contribution is 1.28. The van der Waals surface area contributed by atoms with Crippen LogP contribution in [-0.4, -0.2) is 11.5 Å². The van der Waals surface area contributed by atoms with Crippen LogP contribution in [0.15, 0.2) is 82.9 Å². The molecule has 2 aromatic carbocycles. The fourth-order valence-corrected chi connectivity index (χ4v) is 2.25. The van der Waals surface area contributed by atoms with Crippen LogP contribution in [0.25, 0.3) is 0 Å². The van der Waals surface area contributed by atoms with Gasteiger partial charge in [0.05, 0.1) is 11.4 Å². The van der Waals surface area contributed by atoms with Gasteiger partial charge in [0, 0.05) is 12.8 Å². The molecule has 0 unspecified atom stereocenters. The summed E-state index contributed by atoms with van der Waals surface area (Å²) in [6.07, 6.45) is 1.56. The normalized spacial score (nSPS) is 14.1. The molecule has 1 aliphatic rings. The van der Waals surface area contributed by atoms with Gasteiger partial charge in [-0.1, -0.05) is 67.2 Å². The number of hydrogen-bond acceptors (Lipinski definition) is 2. The molecular weight excluding hydrogens is 244 g/mol. The molecule has 3 rings (SSSR count). The topological polar surface area (TPSA) is 24.7 Å². The van der Waals surface area contributed by atoms with Crippen LogP contribution in [-0.2, 0) is 12.8 Å². The first-order chi connectivity index (χ1) is 9.81. The highest BCUT2D eigenvalue weighted by molar-refractivity contribution is 6.13. The van der Waals surface area contributed by atoms with Gasteiger partial charge in [-0.2, -0.15) is 0 Å². The maximum atomic E-state index is 4.63. The summed E-state index contributed by atoms with van der Waals surface area (Å²) < 4.78 is 0. The van der Waals surface area contributed by atoms with E-state index in [-0.39, 0.29) is 0 Å². The van der Waals surface area contributed by atoms with Crippen LogP contribution < -0.4 is 0 Å². The van der Waals surface area contributed by atoms with Crippen molar-refractivity contribution in [3.8, 4) is 0 Å². The van der Waals surface area contributed by atoms with E-state index in [1.807, 2.05) is 36.4 Å². The first kappa shape index (κ1) is 12.5. The van der Waals surface area contributed by atoms with Gasteiger partial charge in [0.25, 0.3) is 0 Å². The second-order valence-corrected chi connectivity index (χ2v) is 4.86. The summed E-state index contributed by atoms with van der Waals surface area (Å²) in [7, 11) is 0. The molecule has 98 valence electrons. The van der Waals surface area contributed by atoms with Gasteiger partial charge in [0.1, 0.15) is 5.84 Å². The average Bonchev–Trinajstić information content (AvgIpc) is 2.81. The smallest absolute Gasteiger partial charge is 0.133 e. The highest BCUT2D eigenvalue weighted by Crippen LogP contribution is 2.15. The third kappa shape index (κ3) is 2.91. The number of benzene rings is 2. The second kappa shape index (κ2) is 5.66. The predicted molar refractivity (Wildman–Crippen MR) is 84.3 cm³/mol. The van der Waals surface area contributed by atoms with Crippen molar-refractivity contribution < 1.29 is 0 Å². The molecule has 2 nitrogen and oxygen atoms in total. The Hall–Kier alpha value is -2.48. The third-order valence-corrected chi connectivity index (χ3v) is 3.28.